The van der Waals surface area contributed by atoms with Crippen LogP contribution < -0.4 is 26.0 Å². The Morgan fingerprint density at radius 1 is 1.24 bits per heavy atom. The topological polar surface area (TPSA) is 150 Å². The number of aromatic nitrogens is 1. The lowest BCUT2D eigenvalue weighted by Crippen LogP contribution is -2.71. The molecule has 5 rings (SSSR count). The first-order valence-electron chi connectivity index (χ1n) is 11.7. The van der Waals surface area contributed by atoms with Gasteiger partial charge in [0.05, 0.1) is 33.3 Å². The number of carboxylic acids is 1. The number of benzene rings is 2. The molecular formula is C24H24F3N5O5S. The van der Waals surface area contributed by atoms with Gasteiger partial charge in [-0.25, -0.2) is 9.78 Å². The van der Waals surface area contributed by atoms with E-state index in [1.54, 1.807) is 18.0 Å². The van der Waals surface area contributed by atoms with Crippen molar-refractivity contribution in [3.63, 3.8) is 0 Å². The number of primary amides is 1. The first-order valence-corrected chi connectivity index (χ1v) is 12.5. The Balaban J connectivity index is 1.61. The SMILES string of the molecule is CN1c2ccc(C(=O)O)cc2NC1(Nc1nc2ccc(OC(F)(F)F)cc2s1)C1(C(N)=O)CCC(O)CC1. The number of aliphatic hydroxyl groups excluding tert-OH is 1. The van der Waals surface area contributed by atoms with E-state index in [0.29, 0.717) is 34.4 Å². The van der Waals surface area contributed by atoms with Crippen LogP contribution >= 0.6 is 11.3 Å². The number of ether oxygens (including phenoxy) is 1. The molecule has 1 aromatic heterocycles. The Hall–Kier alpha value is -3.78. The summed E-state index contributed by atoms with van der Waals surface area (Å²) in [6, 6.07) is 8.27. The van der Waals surface area contributed by atoms with E-state index in [0.717, 1.165) is 17.4 Å². The molecule has 3 aromatic rings. The van der Waals surface area contributed by atoms with Crippen molar-refractivity contribution in [2.45, 2.75) is 43.9 Å². The van der Waals surface area contributed by atoms with Crippen molar-refractivity contribution in [2.24, 2.45) is 11.1 Å². The standard InChI is InChI=1S/C24H24F3N5O5S/c1-32-17-5-2-12(19(34)35)10-16(17)30-23(32,22(20(28)36)8-6-13(33)7-9-22)31-21-29-15-4-3-14(11-18(15)38-21)37-24(25,26)27/h2-5,10-11,13,30,33H,6-9H2,1H3,(H2,28,36)(H,29,31)(H,34,35). The van der Waals surface area contributed by atoms with E-state index in [2.05, 4.69) is 20.4 Å². The summed E-state index contributed by atoms with van der Waals surface area (Å²) in [5.41, 5.74) is 6.22. The molecule has 0 radical (unpaired) electrons. The number of aromatic carboxylic acids is 1. The summed E-state index contributed by atoms with van der Waals surface area (Å²) in [5.74, 6) is -3.59. The lowest BCUT2D eigenvalue weighted by atomic mass is 9.67. The Morgan fingerprint density at radius 3 is 2.58 bits per heavy atom. The van der Waals surface area contributed by atoms with Crippen molar-refractivity contribution in [1.29, 1.82) is 0 Å². The van der Waals surface area contributed by atoms with Crippen LogP contribution in [0, 0.1) is 5.41 Å². The number of nitrogens with two attached hydrogens (primary N) is 1. The third-order valence-corrected chi connectivity index (χ3v) is 8.21. The van der Waals surface area contributed by atoms with Crippen molar-refractivity contribution >= 4 is 49.9 Å². The van der Waals surface area contributed by atoms with Gasteiger partial charge >= 0.3 is 12.3 Å². The number of amides is 1. The molecule has 1 amide bonds. The highest BCUT2D eigenvalue weighted by atomic mass is 32.1. The zero-order valence-corrected chi connectivity index (χ0v) is 20.8. The zero-order valence-electron chi connectivity index (χ0n) is 20.0. The van der Waals surface area contributed by atoms with Crippen molar-refractivity contribution in [2.75, 3.05) is 22.6 Å². The molecule has 0 bridgehead atoms. The zero-order chi connectivity index (χ0) is 27.5. The van der Waals surface area contributed by atoms with Crippen LogP contribution in [0.4, 0.5) is 29.7 Å². The molecular weight excluding hydrogens is 527 g/mol. The summed E-state index contributed by atoms with van der Waals surface area (Å²) in [5, 5.41) is 26.6. The van der Waals surface area contributed by atoms with Crippen molar-refractivity contribution < 1.29 is 37.7 Å². The molecule has 1 aliphatic carbocycles. The largest absolute Gasteiger partial charge is 0.573 e. The highest BCUT2D eigenvalue weighted by molar-refractivity contribution is 7.22. The van der Waals surface area contributed by atoms with Gasteiger partial charge in [-0.1, -0.05) is 11.3 Å². The maximum Gasteiger partial charge on any atom is 0.573 e. The van der Waals surface area contributed by atoms with Gasteiger partial charge in [-0.3, -0.25) is 4.79 Å². The summed E-state index contributed by atoms with van der Waals surface area (Å²) in [6.07, 6.45) is -4.43. The second-order valence-corrected chi connectivity index (χ2v) is 10.5. The van der Waals surface area contributed by atoms with Crippen LogP contribution in [0.15, 0.2) is 36.4 Å². The Morgan fingerprint density at radius 2 is 1.95 bits per heavy atom. The molecule has 2 aliphatic rings. The molecule has 1 fully saturated rings. The van der Waals surface area contributed by atoms with Crippen LogP contribution in [-0.2, 0) is 4.79 Å². The molecule has 1 unspecified atom stereocenters. The summed E-state index contributed by atoms with van der Waals surface area (Å²) >= 11 is 1.05. The van der Waals surface area contributed by atoms with Crippen LogP contribution in [-0.4, -0.2) is 52.4 Å². The highest BCUT2D eigenvalue weighted by Gasteiger charge is 2.62. The molecule has 6 N–H and O–H groups in total. The fourth-order valence-corrected chi connectivity index (χ4v) is 6.33. The smallest absolute Gasteiger partial charge is 0.478 e. The highest BCUT2D eigenvalue weighted by Crippen LogP contribution is 2.54. The molecule has 0 saturated heterocycles. The number of thiazole rings is 1. The van der Waals surface area contributed by atoms with E-state index in [-0.39, 0.29) is 23.5 Å². The van der Waals surface area contributed by atoms with E-state index in [1.165, 1.54) is 24.3 Å². The minimum absolute atomic E-state index is 0.0322. The fourth-order valence-electron chi connectivity index (χ4n) is 5.39. The molecule has 14 heteroatoms. The van der Waals surface area contributed by atoms with Crippen LogP contribution in [0.3, 0.4) is 0 Å². The monoisotopic (exact) mass is 551 g/mol. The summed E-state index contributed by atoms with van der Waals surface area (Å²) in [6.45, 7) is 0. The minimum Gasteiger partial charge on any atom is -0.478 e. The van der Waals surface area contributed by atoms with E-state index in [9.17, 15) is 33.0 Å². The lowest BCUT2D eigenvalue weighted by molar-refractivity contribution is -0.274. The summed E-state index contributed by atoms with van der Waals surface area (Å²) < 4.78 is 42.6. The third-order valence-electron chi connectivity index (χ3n) is 7.28. The molecule has 1 aliphatic heterocycles. The number of nitrogens with one attached hydrogen (secondary N) is 2. The number of carbonyl (C=O) groups excluding carboxylic acids is 1. The average Bonchev–Trinajstić information content (AvgIpc) is 3.36. The Labute approximate surface area is 218 Å². The number of alkyl halides is 3. The van der Waals surface area contributed by atoms with Gasteiger partial charge in [-0.05, 0) is 56.0 Å². The predicted molar refractivity (Wildman–Crippen MR) is 134 cm³/mol. The fraction of sp³-hybridized carbons (Fsp3) is 0.375. The number of anilines is 3. The van der Waals surface area contributed by atoms with Gasteiger partial charge in [0, 0.05) is 13.1 Å². The van der Waals surface area contributed by atoms with Crippen LogP contribution in [0.2, 0.25) is 0 Å². The quantitative estimate of drug-likeness (QED) is 0.307. The van der Waals surface area contributed by atoms with E-state index in [1.807, 2.05) is 0 Å². The van der Waals surface area contributed by atoms with Gasteiger partial charge in [0.25, 0.3) is 0 Å². The van der Waals surface area contributed by atoms with E-state index in [4.69, 9.17) is 5.73 Å². The maximum absolute atomic E-state index is 13.2. The number of nitrogens with zero attached hydrogens (tertiary/aromatic N) is 2. The molecule has 38 heavy (non-hydrogen) atoms. The number of halogens is 3. The third kappa shape index (κ3) is 4.22. The summed E-state index contributed by atoms with van der Waals surface area (Å²) in [7, 11) is 1.71. The Bertz CT molecular complexity index is 1420. The molecule has 0 spiro atoms. The second kappa shape index (κ2) is 8.91. The van der Waals surface area contributed by atoms with E-state index < -0.39 is 41.3 Å². The van der Waals surface area contributed by atoms with Crippen LogP contribution in [0.1, 0.15) is 36.0 Å². The van der Waals surface area contributed by atoms with Gasteiger partial charge < -0.3 is 36.2 Å². The molecule has 2 heterocycles. The van der Waals surface area contributed by atoms with Crippen molar-refractivity contribution in [3.8, 4) is 5.75 Å². The molecule has 202 valence electrons. The Kier molecular flexibility index (Phi) is 6.06. The van der Waals surface area contributed by atoms with E-state index >= 15 is 0 Å². The first kappa shape index (κ1) is 25.9. The molecule has 2 aromatic carbocycles. The number of carbonyl (C=O) groups is 2. The summed E-state index contributed by atoms with van der Waals surface area (Å²) in [4.78, 5) is 31.1. The van der Waals surface area contributed by atoms with Gasteiger partial charge in [-0.15, -0.1) is 13.2 Å². The van der Waals surface area contributed by atoms with Crippen LogP contribution in [0.5, 0.6) is 5.75 Å². The number of carboxylic acid groups (broad SMARTS) is 1. The van der Waals surface area contributed by atoms with Gasteiger partial charge in [0.1, 0.15) is 11.2 Å². The number of fused-ring (bicyclic) bond motifs is 2. The normalized spacial score (nSPS) is 25.1. The number of hydrogen-bond donors (Lipinski definition) is 5. The number of hydrogen-bond acceptors (Lipinski definition) is 9. The minimum atomic E-state index is -4.85. The predicted octanol–water partition coefficient (Wildman–Crippen LogP) is 3.93. The average molecular weight is 552 g/mol. The lowest BCUT2D eigenvalue weighted by Gasteiger charge is -2.52. The van der Waals surface area contributed by atoms with Crippen molar-refractivity contribution in [3.05, 3.63) is 42.0 Å². The van der Waals surface area contributed by atoms with Crippen molar-refractivity contribution in [1.82, 2.24) is 4.98 Å². The molecule has 10 nitrogen and oxygen atoms in total. The molecule has 1 atom stereocenters. The van der Waals surface area contributed by atoms with Gasteiger partial charge in [0.2, 0.25) is 11.7 Å². The first-order chi connectivity index (χ1) is 17.8. The maximum atomic E-state index is 13.2. The van der Waals surface area contributed by atoms with Gasteiger partial charge in [-0.2, -0.15) is 0 Å². The van der Waals surface area contributed by atoms with Gasteiger partial charge in [0.15, 0.2) is 5.13 Å². The number of rotatable bonds is 6. The molecule has 1 saturated carbocycles. The number of aliphatic hydroxyl groups is 1. The van der Waals surface area contributed by atoms with Crippen LogP contribution in [0.25, 0.3) is 10.2 Å². The second-order valence-electron chi connectivity index (χ2n) is 9.43.